The summed E-state index contributed by atoms with van der Waals surface area (Å²) in [7, 11) is 0. The van der Waals surface area contributed by atoms with Crippen LogP contribution in [0.2, 0.25) is 0 Å². The molecule has 2 rings (SSSR count). The van der Waals surface area contributed by atoms with Gasteiger partial charge in [-0.3, -0.25) is 11.3 Å². The molecule has 0 radical (unpaired) electrons. The smallest absolute Gasteiger partial charge is 0.125 e. The normalized spacial score (nSPS) is 19.6. The second-order valence-corrected chi connectivity index (χ2v) is 4.57. The molecule has 4 heteroatoms. The van der Waals surface area contributed by atoms with Crippen molar-refractivity contribution in [3.63, 3.8) is 0 Å². The lowest BCUT2D eigenvalue weighted by molar-refractivity contribution is 0.269. The molecule has 88 valence electrons. The number of aromatic nitrogens is 2. The molecule has 3 N–H and O–H groups in total. The maximum absolute atomic E-state index is 5.68. The molecule has 1 saturated carbocycles. The molecule has 1 unspecified atom stereocenters. The van der Waals surface area contributed by atoms with Crippen LogP contribution in [0.5, 0.6) is 0 Å². The summed E-state index contributed by atoms with van der Waals surface area (Å²) >= 11 is 0. The van der Waals surface area contributed by atoms with Crippen LogP contribution in [0.1, 0.15) is 49.7 Å². The molecule has 1 aromatic heterocycles. The summed E-state index contributed by atoms with van der Waals surface area (Å²) in [5.74, 6) is 7.11. The second-order valence-electron chi connectivity index (χ2n) is 4.57. The minimum atomic E-state index is 0.182. The molecule has 1 fully saturated rings. The molecule has 0 amide bonds. The van der Waals surface area contributed by atoms with E-state index in [2.05, 4.69) is 15.4 Å². The van der Waals surface area contributed by atoms with Crippen molar-refractivity contribution in [1.82, 2.24) is 15.4 Å². The van der Waals surface area contributed by atoms with E-state index in [1.165, 1.54) is 32.1 Å². The van der Waals surface area contributed by atoms with Gasteiger partial charge in [0.2, 0.25) is 0 Å². The maximum atomic E-state index is 5.68. The number of aryl methyl sites for hydroxylation is 1. The molecule has 4 nitrogen and oxygen atoms in total. The van der Waals surface area contributed by atoms with Gasteiger partial charge in [-0.05, 0) is 31.7 Å². The van der Waals surface area contributed by atoms with Crippen molar-refractivity contribution < 1.29 is 0 Å². The Morgan fingerprint density at radius 3 is 2.75 bits per heavy atom. The lowest BCUT2D eigenvalue weighted by atomic mass is 9.83. The molecular weight excluding hydrogens is 200 g/mol. The largest absolute Gasteiger partial charge is 0.271 e. The summed E-state index contributed by atoms with van der Waals surface area (Å²) in [5.41, 5.74) is 3.95. The van der Waals surface area contributed by atoms with Crippen LogP contribution < -0.4 is 11.3 Å². The van der Waals surface area contributed by atoms with Crippen LogP contribution in [0.3, 0.4) is 0 Å². The standard InChI is InChI=1S/C12H20N4/c1-9-14-8-7-11(15-9)12(16-13)10-5-3-2-4-6-10/h7-8,10,12,16H,2-6,13H2,1H3. The lowest BCUT2D eigenvalue weighted by Crippen LogP contribution is -2.35. The van der Waals surface area contributed by atoms with Crippen molar-refractivity contribution in [3.05, 3.63) is 23.8 Å². The Morgan fingerprint density at radius 2 is 2.12 bits per heavy atom. The highest BCUT2D eigenvalue weighted by molar-refractivity contribution is 5.08. The number of rotatable bonds is 3. The van der Waals surface area contributed by atoms with E-state index in [-0.39, 0.29) is 6.04 Å². The topological polar surface area (TPSA) is 63.8 Å². The van der Waals surface area contributed by atoms with Gasteiger partial charge in [0.1, 0.15) is 5.82 Å². The van der Waals surface area contributed by atoms with Crippen LogP contribution in [0.4, 0.5) is 0 Å². The Kier molecular flexibility index (Phi) is 3.85. The fraction of sp³-hybridized carbons (Fsp3) is 0.667. The summed E-state index contributed by atoms with van der Waals surface area (Å²) in [4.78, 5) is 8.59. The van der Waals surface area contributed by atoms with Crippen LogP contribution in [0.25, 0.3) is 0 Å². The molecule has 0 saturated heterocycles. The van der Waals surface area contributed by atoms with Crippen molar-refractivity contribution in [2.75, 3.05) is 0 Å². The SMILES string of the molecule is Cc1nccc(C(NN)C2CCCCC2)n1. The van der Waals surface area contributed by atoms with Crippen LogP contribution in [0.15, 0.2) is 12.3 Å². The van der Waals surface area contributed by atoms with E-state index in [1.54, 1.807) is 0 Å². The fourth-order valence-corrected chi connectivity index (χ4v) is 2.58. The van der Waals surface area contributed by atoms with Gasteiger partial charge in [0.25, 0.3) is 0 Å². The van der Waals surface area contributed by atoms with Gasteiger partial charge in [-0.1, -0.05) is 19.3 Å². The third kappa shape index (κ3) is 2.57. The summed E-state index contributed by atoms with van der Waals surface area (Å²) in [6.07, 6.45) is 8.29. The average Bonchev–Trinajstić information content (AvgIpc) is 2.31. The predicted octanol–water partition coefficient (Wildman–Crippen LogP) is 1.87. The highest BCUT2D eigenvalue weighted by Gasteiger charge is 2.25. The number of hydrogen-bond acceptors (Lipinski definition) is 4. The molecule has 1 aromatic rings. The van der Waals surface area contributed by atoms with Gasteiger partial charge in [-0.15, -0.1) is 0 Å². The molecule has 1 atom stereocenters. The van der Waals surface area contributed by atoms with Gasteiger partial charge in [-0.2, -0.15) is 0 Å². The van der Waals surface area contributed by atoms with Gasteiger partial charge in [0, 0.05) is 6.20 Å². The first kappa shape index (κ1) is 11.5. The van der Waals surface area contributed by atoms with Crippen LogP contribution in [0, 0.1) is 12.8 Å². The predicted molar refractivity (Wildman–Crippen MR) is 63.4 cm³/mol. The summed E-state index contributed by atoms with van der Waals surface area (Å²) < 4.78 is 0. The molecule has 0 spiro atoms. The number of nitrogens with one attached hydrogen (secondary N) is 1. The first-order valence-corrected chi connectivity index (χ1v) is 6.07. The number of hydrazine groups is 1. The molecule has 1 aliphatic carbocycles. The number of hydrogen-bond donors (Lipinski definition) is 2. The zero-order valence-corrected chi connectivity index (χ0v) is 9.82. The molecule has 0 bridgehead atoms. The highest BCUT2D eigenvalue weighted by atomic mass is 15.2. The summed E-state index contributed by atoms with van der Waals surface area (Å²) in [6.45, 7) is 1.91. The molecule has 1 aliphatic rings. The lowest BCUT2D eigenvalue weighted by Gasteiger charge is -2.29. The fourth-order valence-electron chi connectivity index (χ4n) is 2.58. The zero-order chi connectivity index (χ0) is 11.4. The van der Waals surface area contributed by atoms with Crippen molar-refractivity contribution >= 4 is 0 Å². The van der Waals surface area contributed by atoms with E-state index in [0.29, 0.717) is 5.92 Å². The van der Waals surface area contributed by atoms with Crippen LogP contribution >= 0.6 is 0 Å². The van der Waals surface area contributed by atoms with E-state index in [4.69, 9.17) is 5.84 Å². The first-order chi connectivity index (χ1) is 7.81. The number of nitrogens with zero attached hydrogens (tertiary/aromatic N) is 2. The van der Waals surface area contributed by atoms with Crippen LogP contribution in [-0.4, -0.2) is 9.97 Å². The Balaban J connectivity index is 2.14. The first-order valence-electron chi connectivity index (χ1n) is 6.07. The number of nitrogens with two attached hydrogens (primary N) is 1. The van der Waals surface area contributed by atoms with Crippen molar-refractivity contribution in [1.29, 1.82) is 0 Å². The maximum Gasteiger partial charge on any atom is 0.125 e. The molecule has 0 aliphatic heterocycles. The zero-order valence-electron chi connectivity index (χ0n) is 9.82. The van der Waals surface area contributed by atoms with Crippen molar-refractivity contribution in [2.24, 2.45) is 11.8 Å². The average molecular weight is 220 g/mol. The van der Waals surface area contributed by atoms with E-state index < -0.39 is 0 Å². The molecule has 16 heavy (non-hydrogen) atoms. The summed E-state index contributed by atoms with van der Waals surface area (Å²) in [6, 6.07) is 2.15. The Bertz CT molecular complexity index is 334. The van der Waals surface area contributed by atoms with E-state index in [0.717, 1.165) is 11.5 Å². The third-order valence-corrected chi connectivity index (χ3v) is 3.42. The molecule has 0 aromatic carbocycles. The van der Waals surface area contributed by atoms with Gasteiger partial charge in [-0.25, -0.2) is 9.97 Å². The molecule has 1 heterocycles. The Hall–Kier alpha value is -1.00. The Labute approximate surface area is 96.6 Å². The van der Waals surface area contributed by atoms with E-state index in [9.17, 15) is 0 Å². The van der Waals surface area contributed by atoms with Gasteiger partial charge in [0.15, 0.2) is 0 Å². The quantitative estimate of drug-likeness (QED) is 0.603. The van der Waals surface area contributed by atoms with E-state index in [1.807, 2.05) is 19.2 Å². The van der Waals surface area contributed by atoms with Crippen LogP contribution in [-0.2, 0) is 0 Å². The minimum absolute atomic E-state index is 0.182. The monoisotopic (exact) mass is 220 g/mol. The van der Waals surface area contributed by atoms with Gasteiger partial charge < -0.3 is 0 Å². The van der Waals surface area contributed by atoms with E-state index >= 15 is 0 Å². The van der Waals surface area contributed by atoms with Gasteiger partial charge in [0.05, 0.1) is 11.7 Å². The second kappa shape index (κ2) is 5.37. The Morgan fingerprint density at radius 1 is 1.38 bits per heavy atom. The summed E-state index contributed by atoms with van der Waals surface area (Å²) in [5, 5.41) is 0. The highest BCUT2D eigenvalue weighted by Crippen LogP contribution is 2.33. The van der Waals surface area contributed by atoms with Gasteiger partial charge >= 0.3 is 0 Å². The third-order valence-electron chi connectivity index (χ3n) is 3.42. The molecular formula is C12H20N4. The van der Waals surface area contributed by atoms with Crippen molar-refractivity contribution in [2.45, 2.75) is 45.1 Å². The minimum Gasteiger partial charge on any atom is -0.271 e. The van der Waals surface area contributed by atoms with Crippen molar-refractivity contribution in [3.8, 4) is 0 Å².